The van der Waals surface area contributed by atoms with E-state index in [1.165, 1.54) is 11.1 Å². The minimum absolute atomic E-state index is 0.0376. The van der Waals surface area contributed by atoms with E-state index >= 15 is 0 Å². The number of carbonyl (C=O) groups is 1. The lowest BCUT2D eigenvalue weighted by molar-refractivity contribution is -0.121. The molecular weight excluding hydrogens is 276 g/mol. The summed E-state index contributed by atoms with van der Waals surface area (Å²) >= 11 is 0. The molecule has 1 aliphatic carbocycles. The molecule has 0 bridgehead atoms. The average molecular weight is 302 g/mol. The van der Waals surface area contributed by atoms with Crippen LogP contribution in [-0.2, 0) is 11.2 Å². The van der Waals surface area contributed by atoms with Crippen LogP contribution >= 0.6 is 0 Å². The Bertz CT molecular complexity index is 560. The second-order valence-electron chi connectivity index (χ2n) is 6.70. The molecule has 120 valence electrons. The molecule has 1 unspecified atom stereocenters. The summed E-state index contributed by atoms with van der Waals surface area (Å²) in [5.74, 6) is 1.15. The van der Waals surface area contributed by atoms with Gasteiger partial charge >= 0.3 is 0 Å². The van der Waals surface area contributed by atoms with E-state index in [0.29, 0.717) is 11.9 Å². The fourth-order valence-corrected chi connectivity index (χ4v) is 2.61. The Hall–Kier alpha value is -2.04. The van der Waals surface area contributed by atoms with E-state index in [2.05, 4.69) is 45.2 Å². The summed E-state index contributed by atoms with van der Waals surface area (Å²) in [7, 11) is 1.71. The number of guanidine groups is 1. The fourth-order valence-electron chi connectivity index (χ4n) is 2.61. The van der Waals surface area contributed by atoms with Crippen LogP contribution < -0.4 is 16.0 Å². The number of fused-ring (bicyclic) bond motifs is 1. The molecule has 1 amide bonds. The number of hydrogen-bond donors (Lipinski definition) is 3. The second kappa shape index (κ2) is 6.81. The number of benzene rings is 1. The van der Waals surface area contributed by atoms with E-state index in [1.54, 1.807) is 7.05 Å². The first-order valence-electron chi connectivity index (χ1n) is 7.72. The van der Waals surface area contributed by atoms with Gasteiger partial charge in [0.15, 0.2) is 5.96 Å². The largest absolute Gasteiger partial charge is 0.356 e. The van der Waals surface area contributed by atoms with Gasteiger partial charge in [-0.1, -0.05) is 24.3 Å². The van der Waals surface area contributed by atoms with Crippen molar-refractivity contribution in [3.05, 3.63) is 35.4 Å². The number of carbonyl (C=O) groups excluding carboxylic acids is 1. The van der Waals surface area contributed by atoms with Crippen LogP contribution in [0.1, 0.15) is 37.8 Å². The Labute approximate surface area is 132 Å². The molecule has 0 aliphatic heterocycles. The summed E-state index contributed by atoms with van der Waals surface area (Å²) in [4.78, 5) is 15.9. The van der Waals surface area contributed by atoms with Crippen molar-refractivity contribution in [1.29, 1.82) is 0 Å². The number of hydrogen-bond acceptors (Lipinski definition) is 2. The van der Waals surface area contributed by atoms with E-state index in [9.17, 15) is 4.79 Å². The molecule has 1 atom stereocenters. The van der Waals surface area contributed by atoms with Gasteiger partial charge in [0.25, 0.3) is 0 Å². The molecule has 22 heavy (non-hydrogen) atoms. The molecule has 1 aliphatic rings. The molecule has 0 saturated heterocycles. The molecule has 2 rings (SSSR count). The zero-order valence-electron chi connectivity index (χ0n) is 13.9. The van der Waals surface area contributed by atoms with Gasteiger partial charge in [0.05, 0.1) is 6.54 Å². The van der Waals surface area contributed by atoms with Crippen molar-refractivity contribution in [2.24, 2.45) is 4.99 Å². The third-order valence-electron chi connectivity index (χ3n) is 3.63. The molecule has 3 N–H and O–H groups in total. The molecule has 5 nitrogen and oxygen atoms in total. The van der Waals surface area contributed by atoms with E-state index < -0.39 is 0 Å². The number of amides is 1. The van der Waals surface area contributed by atoms with Crippen molar-refractivity contribution in [1.82, 2.24) is 16.0 Å². The molecule has 0 fully saturated rings. The summed E-state index contributed by atoms with van der Waals surface area (Å²) in [5.41, 5.74) is 2.63. The van der Waals surface area contributed by atoms with Gasteiger partial charge in [-0.3, -0.25) is 9.79 Å². The van der Waals surface area contributed by atoms with Crippen molar-refractivity contribution in [3.8, 4) is 0 Å². The minimum atomic E-state index is -0.217. The predicted octanol–water partition coefficient (Wildman–Crippen LogP) is 1.41. The maximum Gasteiger partial charge on any atom is 0.239 e. The van der Waals surface area contributed by atoms with Crippen LogP contribution in [0.2, 0.25) is 0 Å². The van der Waals surface area contributed by atoms with E-state index in [1.807, 2.05) is 20.8 Å². The number of aliphatic imine (C=N–C) groups is 1. The topological polar surface area (TPSA) is 65.5 Å². The Balaban J connectivity index is 1.74. The molecule has 1 aromatic carbocycles. The van der Waals surface area contributed by atoms with Crippen LogP contribution in [0.3, 0.4) is 0 Å². The standard InChI is InChI=1S/C17H26N4O/c1-17(2,3)21-15(22)11-20-16(18-4)19-10-13-9-12-7-5-6-8-14(12)13/h5-8,13H,9-11H2,1-4H3,(H,21,22)(H2,18,19,20). The predicted molar refractivity (Wildman–Crippen MR) is 90.1 cm³/mol. The first-order chi connectivity index (χ1) is 10.4. The summed E-state index contributed by atoms with van der Waals surface area (Å²) in [6, 6.07) is 8.51. The number of nitrogens with one attached hydrogen (secondary N) is 3. The number of nitrogens with zero attached hydrogens (tertiary/aromatic N) is 1. The van der Waals surface area contributed by atoms with Gasteiger partial charge in [0, 0.05) is 25.0 Å². The summed E-state index contributed by atoms with van der Waals surface area (Å²) in [6.07, 6.45) is 1.10. The Kier molecular flexibility index (Phi) is 5.06. The van der Waals surface area contributed by atoms with Crippen LogP contribution in [0.4, 0.5) is 0 Å². The monoisotopic (exact) mass is 302 g/mol. The quantitative estimate of drug-likeness (QED) is 0.582. The smallest absolute Gasteiger partial charge is 0.239 e. The summed E-state index contributed by atoms with van der Waals surface area (Å²) < 4.78 is 0. The van der Waals surface area contributed by atoms with Crippen LogP contribution in [0, 0.1) is 0 Å². The van der Waals surface area contributed by atoms with Gasteiger partial charge in [-0.25, -0.2) is 0 Å². The van der Waals surface area contributed by atoms with E-state index in [-0.39, 0.29) is 18.0 Å². The fraction of sp³-hybridized carbons (Fsp3) is 0.529. The minimum Gasteiger partial charge on any atom is -0.356 e. The zero-order chi connectivity index (χ0) is 16.2. The van der Waals surface area contributed by atoms with Crippen molar-refractivity contribution < 1.29 is 4.79 Å². The number of rotatable bonds is 4. The van der Waals surface area contributed by atoms with Crippen LogP contribution in [0.5, 0.6) is 0 Å². The Morgan fingerprint density at radius 2 is 2.00 bits per heavy atom. The highest BCUT2D eigenvalue weighted by atomic mass is 16.2. The Morgan fingerprint density at radius 3 is 2.64 bits per heavy atom. The van der Waals surface area contributed by atoms with Gasteiger partial charge in [0.2, 0.25) is 5.91 Å². The van der Waals surface area contributed by atoms with E-state index in [0.717, 1.165) is 13.0 Å². The third-order valence-corrected chi connectivity index (χ3v) is 3.63. The lowest BCUT2D eigenvalue weighted by Crippen LogP contribution is -2.48. The average Bonchev–Trinajstić information content (AvgIpc) is 2.41. The Morgan fingerprint density at radius 1 is 1.27 bits per heavy atom. The highest BCUT2D eigenvalue weighted by Gasteiger charge is 2.25. The van der Waals surface area contributed by atoms with Gasteiger partial charge in [0.1, 0.15) is 0 Å². The van der Waals surface area contributed by atoms with Crippen LogP contribution in [-0.4, -0.2) is 37.5 Å². The summed E-state index contributed by atoms with van der Waals surface area (Å²) in [5, 5.41) is 9.25. The molecule has 0 radical (unpaired) electrons. The van der Waals surface area contributed by atoms with Crippen LogP contribution in [0.25, 0.3) is 0 Å². The molecule has 0 heterocycles. The first-order valence-corrected chi connectivity index (χ1v) is 7.72. The van der Waals surface area contributed by atoms with Gasteiger partial charge in [-0.05, 0) is 38.3 Å². The molecule has 5 heteroatoms. The SMILES string of the molecule is CN=C(NCC(=O)NC(C)(C)C)NCC1Cc2ccccc21. The maximum atomic E-state index is 11.8. The molecular formula is C17H26N4O. The molecule has 0 spiro atoms. The second-order valence-corrected chi connectivity index (χ2v) is 6.70. The van der Waals surface area contributed by atoms with Crippen molar-refractivity contribution in [2.75, 3.05) is 20.1 Å². The van der Waals surface area contributed by atoms with Gasteiger partial charge < -0.3 is 16.0 Å². The first kappa shape index (κ1) is 16.3. The maximum absolute atomic E-state index is 11.8. The normalized spacial score (nSPS) is 17.3. The molecule has 1 aromatic rings. The summed E-state index contributed by atoms with van der Waals surface area (Å²) in [6.45, 7) is 6.94. The molecule has 0 saturated carbocycles. The lowest BCUT2D eigenvalue weighted by atomic mass is 9.78. The van der Waals surface area contributed by atoms with Gasteiger partial charge in [-0.15, -0.1) is 0 Å². The van der Waals surface area contributed by atoms with Gasteiger partial charge in [-0.2, -0.15) is 0 Å². The third kappa shape index (κ3) is 4.48. The van der Waals surface area contributed by atoms with Crippen molar-refractivity contribution in [3.63, 3.8) is 0 Å². The highest BCUT2D eigenvalue weighted by molar-refractivity contribution is 5.86. The lowest BCUT2D eigenvalue weighted by Gasteiger charge is -2.30. The molecule has 0 aromatic heterocycles. The highest BCUT2D eigenvalue weighted by Crippen LogP contribution is 2.33. The zero-order valence-corrected chi connectivity index (χ0v) is 13.9. The van der Waals surface area contributed by atoms with Crippen molar-refractivity contribution >= 4 is 11.9 Å². The van der Waals surface area contributed by atoms with Crippen LogP contribution in [0.15, 0.2) is 29.3 Å². The van der Waals surface area contributed by atoms with E-state index in [4.69, 9.17) is 0 Å². The van der Waals surface area contributed by atoms with Crippen molar-refractivity contribution in [2.45, 2.75) is 38.6 Å².